The topological polar surface area (TPSA) is 88.3 Å². The number of nitrogen functional groups attached to an aromatic ring is 1. The maximum atomic E-state index is 11.9. The fourth-order valence-corrected chi connectivity index (χ4v) is 3.28. The standard InChI is InChI=1S/C14H16N4O2S/c15-9-3-4-10-11(8-9)21-14(16-10)17-12(19)5-7-18-6-1-2-13(18)20/h3-4,8H,1-2,5-7,15H2,(H,16,17,19). The normalized spacial score (nSPS) is 14.9. The SMILES string of the molecule is Nc1ccc2nc(NC(=O)CCN3CCCC3=O)sc2c1. The number of aromatic nitrogens is 1. The zero-order chi connectivity index (χ0) is 14.8. The number of hydrogen-bond donors (Lipinski definition) is 2. The second-order valence-electron chi connectivity index (χ2n) is 5.03. The Morgan fingerprint density at radius 3 is 3.10 bits per heavy atom. The van der Waals surface area contributed by atoms with E-state index in [2.05, 4.69) is 10.3 Å². The maximum absolute atomic E-state index is 11.9. The molecule has 3 N–H and O–H groups in total. The van der Waals surface area contributed by atoms with Crippen LogP contribution in [0.3, 0.4) is 0 Å². The van der Waals surface area contributed by atoms with E-state index in [-0.39, 0.29) is 11.8 Å². The molecule has 1 aliphatic rings. The monoisotopic (exact) mass is 304 g/mol. The molecule has 1 aromatic heterocycles. The van der Waals surface area contributed by atoms with Gasteiger partial charge in [-0.05, 0) is 24.6 Å². The van der Waals surface area contributed by atoms with Crippen LogP contribution in [0.1, 0.15) is 19.3 Å². The molecule has 0 radical (unpaired) electrons. The van der Waals surface area contributed by atoms with E-state index in [0.29, 0.717) is 30.2 Å². The van der Waals surface area contributed by atoms with E-state index < -0.39 is 0 Å². The predicted octanol–water partition coefficient (Wildman–Crippen LogP) is 1.83. The molecule has 2 heterocycles. The van der Waals surface area contributed by atoms with Gasteiger partial charge in [-0.25, -0.2) is 4.98 Å². The first kappa shape index (κ1) is 13.8. The molecule has 0 saturated carbocycles. The predicted molar refractivity (Wildman–Crippen MR) is 83.1 cm³/mol. The van der Waals surface area contributed by atoms with Crippen LogP contribution in [0.2, 0.25) is 0 Å². The van der Waals surface area contributed by atoms with Crippen molar-refractivity contribution < 1.29 is 9.59 Å². The van der Waals surface area contributed by atoms with Crippen LogP contribution in [0, 0.1) is 0 Å². The van der Waals surface area contributed by atoms with Crippen molar-refractivity contribution in [2.24, 2.45) is 0 Å². The zero-order valence-electron chi connectivity index (χ0n) is 11.5. The molecule has 21 heavy (non-hydrogen) atoms. The molecule has 7 heteroatoms. The average Bonchev–Trinajstić information content (AvgIpc) is 3.01. The summed E-state index contributed by atoms with van der Waals surface area (Å²) >= 11 is 1.39. The van der Waals surface area contributed by atoms with Gasteiger partial charge >= 0.3 is 0 Å². The first-order valence-electron chi connectivity index (χ1n) is 6.85. The third kappa shape index (κ3) is 3.13. The minimum Gasteiger partial charge on any atom is -0.399 e. The summed E-state index contributed by atoms with van der Waals surface area (Å²) in [7, 11) is 0. The van der Waals surface area contributed by atoms with E-state index in [9.17, 15) is 9.59 Å². The van der Waals surface area contributed by atoms with Crippen LogP contribution in [0.5, 0.6) is 0 Å². The van der Waals surface area contributed by atoms with E-state index in [4.69, 9.17) is 5.73 Å². The minimum absolute atomic E-state index is 0.123. The molecule has 1 aliphatic heterocycles. The van der Waals surface area contributed by atoms with Crippen molar-refractivity contribution in [2.45, 2.75) is 19.3 Å². The van der Waals surface area contributed by atoms with E-state index in [1.54, 1.807) is 11.0 Å². The minimum atomic E-state index is -0.123. The Balaban J connectivity index is 1.59. The number of anilines is 2. The number of rotatable bonds is 4. The Kier molecular flexibility index (Phi) is 3.74. The first-order chi connectivity index (χ1) is 10.1. The molecule has 0 bridgehead atoms. The third-order valence-corrected chi connectivity index (χ3v) is 4.37. The third-order valence-electron chi connectivity index (χ3n) is 3.44. The molecule has 3 rings (SSSR count). The summed E-state index contributed by atoms with van der Waals surface area (Å²) in [5.41, 5.74) is 7.22. The van der Waals surface area contributed by atoms with Crippen LogP contribution >= 0.6 is 11.3 Å². The number of thiazole rings is 1. The molecule has 1 aromatic carbocycles. The van der Waals surface area contributed by atoms with Gasteiger partial charge in [0, 0.05) is 31.6 Å². The van der Waals surface area contributed by atoms with Crippen molar-refractivity contribution in [2.75, 3.05) is 24.1 Å². The number of hydrogen-bond acceptors (Lipinski definition) is 5. The molecule has 2 aromatic rings. The number of carbonyl (C=O) groups is 2. The highest BCUT2D eigenvalue weighted by Gasteiger charge is 2.20. The Morgan fingerprint density at radius 2 is 2.33 bits per heavy atom. The number of nitrogens with one attached hydrogen (secondary N) is 1. The first-order valence-corrected chi connectivity index (χ1v) is 7.67. The van der Waals surface area contributed by atoms with Crippen molar-refractivity contribution >= 4 is 44.2 Å². The quantitative estimate of drug-likeness (QED) is 0.843. The summed E-state index contributed by atoms with van der Waals surface area (Å²) in [6.07, 6.45) is 1.78. The Bertz CT molecular complexity index is 697. The second kappa shape index (κ2) is 5.69. The molecule has 0 atom stereocenters. The van der Waals surface area contributed by atoms with Gasteiger partial charge in [0.1, 0.15) is 0 Å². The fourth-order valence-electron chi connectivity index (χ4n) is 2.35. The Morgan fingerprint density at radius 1 is 1.48 bits per heavy atom. The van der Waals surface area contributed by atoms with Gasteiger partial charge in [0.25, 0.3) is 0 Å². The summed E-state index contributed by atoms with van der Waals surface area (Å²) < 4.78 is 0.944. The maximum Gasteiger partial charge on any atom is 0.227 e. The van der Waals surface area contributed by atoms with Crippen molar-refractivity contribution in [3.05, 3.63) is 18.2 Å². The second-order valence-corrected chi connectivity index (χ2v) is 6.06. The van der Waals surface area contributed by atoms with Gasteiger partial charge < -0.3 is 16.0 Å². The summed E-state index contributed by atoms with van der Waals surface area (Å²) in [6.45, 7) is 1.23. The zero-order valence-corrected chi connectivity index (χ0v) is 12.3. The van der Waals surface area contributed by atoms with Gasteiger partial charge in [-0.2, -0.15) is 0 Å². The lowest BCUT2D eigenvalue weighted by atomic mass is 10.3. The smallest absolute Gasteiger partial charge is 0.227 e. The number of likely N-dealkylation sites (tertiary alicyclic amines) is 1. The molecule has 0 unspecified atom stereocenters. The highest BCUT2D eigenvalue weighted by atomic mass is 32.1. The Labute approximate surface area is 125 Å². The van der Waals surface area contributed by atoms with Crippen LogP contribution in [0.4, 0.5) is 10.8 Å². The number of benzene rings is 1. The van der Waals surface area contributed by atoms with Crippen molar-refractivity contribution in [1.82, 2.24) is 9.88 Å². The molecule has 6 nitrogen and oxygen atoms in total. The molecule has 1 fully saturated rings. The number of amides is 2. The van der Waals surface area contributed by atoms with Crippen molar-refractivity contribution in [3.8, 4) is 0 Å². The van der Waals surface area contributed by atoms with Crippen LogP contribution in [-0.4, -0.2) is 34.8 Å². The summed E-state index contributed by atoms with van der Waals surface area (Å²) in [5, 5.41) is 3.34. The average molecular weight is 304 g/mol. The highest BCUT2D eigenvalue weighted by Crippen LogP contribution is 2.27. The largest absolute Gasteiger partial charge is 0.399 e. The molecular weight excluding hydrogens is 288 g/mol. The van der Waals surface area contributed by atoms with E-state index >= 15 is 0 Å². The summed E-state index contributed by atoms with van der Waals surface area (Å²) in [5.74, 6) is 0.0139. The Hall–Kier alpha value is -2.15. The van der Waals surface area contributed by atoms with E-state index in [1.807, 2.05) is 12.1 Å². The van der Waals surface area contributed by atoms with Crippen molar-refractivity contribution in [3.63, 3.8) is 0 Å². The molecular formula is C14H16N4O2S. The van der Waals surface area contributed by atoms with Gasteiger partial charge in [-0.3, -0.25) is 9.59 Å². The summed E-state index contributed by atoms with van der Waals surface area (Å²) in [4.78, 5) is 29.5. The molecule has 2 amide bonds. The van der Waals surface area contributed by atoms with Crippen molar-refractivity contribution in [1.29, 1.82) is 0 Å². The number of nitrogens with two attached hydrogens (primary N) is 1. The summed E-state index contributed by atoms with van der Waals surface area (Å²) in [6, 6.07) is 5.46. The van der Waals surface area contributed by atoms with Gasteiger partial charge in [-0.15, -0.1) is 0 Å². The molecule has 0 spiro atoms. The lowest BCUT2D eigenvalue weighted by Gasteiger charge is -2.14. The molecule has 0 aliphatic carbocycles. The lowest BCUT2D eigenvalue weighted by molar-refractivity contribution is -0.128. The van der Waals surface area contributed by atoms with Gasteiger partial charge in [0.15, 0.2) is 5.13 Å². The highest BCUT2D eigenvalue weighted by molar-refractivity contribution is 7.22. The van der Waals surface area contributed by atoms with Gasteiger partial charge in [0.2, 0.25) is 11.8 Å². The van der Waals surface area contributed by atoms with Crippen LogP contribution < -0.4 is 11.1 Å². The lowest BCUT2D eigenvalue weighted by Crippen LogP contribution is -2.28. The number of carbonyl (C=O) groups excluding carboxylic acids is 2. The molecule has 1 saturated heterocycles. The molecule has 110 valence electrons. The fraction of sp³-hybridized carbons (Fsp3) is 0.357. The van der Waals surface area contributed by atoms with Crippen LogP contribution in [-0.2, 0) is 9.59 Å². The van der Waals surface area contributed by atoms with Gasteiger partial charge in [-0.1, -0.05) is 11.3 Å². The number of nitrogens with zero attached hydrogens (tertiary/aromatic N) is 2. The number of fused-ring (bicyclic) bond motifs is 1. The van der Waals surface area contributed by atoms with Crippen LogP contribution in [0.25, 0.3) is 10.2 Å². The van der Waals surface area contributed by atoms with E-state index in [1.165, 1.54) is 11.3 Å². The van der Waals surface area contributed by atoms with Gasteiger partial charge in [0.05, 0.1) is 10.2 Å². The van der Waals surface area contributed by atoms with E-state index in [0.717, 1.165) is 23.2 Å². The van der Waals surface area contributed by atoms with Crippen LogP contribution in [0.15, 0.2) is 18.2 Å².